The van der Waals surface area contributed by atoms with Crippen LogP contribution in [0.4, 0.5) is 0 Å². The average Bonchev–Trinajstić information content (AvgIpc) is 2.73. The molecule has 0 aromatic carbocycles. The van der Waals surface area contributed by atoms with Crippen molar-refractivity contribution < 1.29 is 9.21 Å². The first-order chi connectivity index (χ1) is 8.56. The first-order valence-electron chi connectivity index (χ1n) is 6.60. The van der Waals surface area contributed by atoms with E-state index < -0.39 is 0 Å². The van der Waals surface area contributed by atoms with Crippen LogP contribution in [0.15, 0.2) is 16.5 Å². The number of rotatable bonds is 3. The van der Waals surface area contributed by atoms with E-state index in [0.29, 0.717) is 12.5 Å². The smallest absolute Gasteiger partial charge is 0.239 e. The van der Waals surface area contributed by atoms with Crippen molar-refractivity contribution in [3.63, 3.8) is 0 Å². The molecule has 1 aliphatic heterocycles. The molecule has 1 aromatic rings. The molecule has 1 aromatic heterocycles. The van der Waals surface area contributed by atoms with Crippen LogP contribution in [0.3, 0.4) is 0 Å². The minimum atomic E-state index is -0.0326. The molecule has 18 heavy (non-hydrogen) atoms. The fraction of sp³-hybridized carbons (Fsp3) is 0.643. The van der Waals surface area contributed by atoms with Crippen molar-refractivity contribution in [1.29, 1.82) is 0 Å². The Labute approximate surface area is 108 Å². The monoisotopic (exact) mass is 250 g/mol. The van der Waals surface area contributed by atoms with Crippen LogP contribution in [-0.4, -0.2) is 30.4 Å². The lowest BCUT2D eigenvalue weighted by Crippen LogP contribution is -2.48. The molecule has 4 nitrogen and oxygen atoms in total. The predicted octanol–water partition coefficient (Wildman–Crippen LogP) is 1.93. The van der Waals surface area contributed by atoms with Gasteiger partial charge in [0.1, 0.15) is 11.5 Å². The average molecular weight is 250 g/mol. The summed E-state index contributed by atoms with van der Waals surface area (Å²) in [6.07, 6.45) is 2.09. The molecule has 0 bridgehead atoms. The molecule has 2 unspecified atom stereocenters. The standard InChI is InChI=1S/C14H22N2O2/c1-10-6-7-15-13(8-10)14(17)16(3)9-12-5-4-11(2)18-12/h4-5,10,13,15H,6-9H2,1-3H3. The highest BCUT2D eigenvalue weighted by Crippen LogP contribution is 2.17. The number of carbonyl (C=O) groups excluding carboxylic acids is 1. The zero-order chi connectivity index (χ0) is 13.1. The molecule has 2 rings (SSSR count). The normalized spacial score (nSPS) is 23.9. The SMILES string of the molecule is Cc1ccc(CN(C)C(=O)C2CC(C)CCN2)o1. The fourth-order valence-electron chi connectivity index (χ4n) is 2.44. The first kappa shape index (κ1) is 13.1. The van der Waals surface area contributed by atoms with Crippen molar-refractivity contribution in [3.8, 4) is 0 Å². The van der Waals surface area contributed by atoms with E-state index in [4.69, 9.17) is 4.42 Å². The minimum Gasteiger partial charge on any atom is -0.464 e. The van der Waals surface area contributed by atoms with Crippen LogP contribution < -0.4 is 5.32 Å². The number of nitrogens with zero attached hydrogens (tertiary/aromatic N) is 1. The lowest BCUT2D eigenvalue weighted by atomic mass is 9.93. The molecule has 0 aliphatic carbocycles. The maximum absolute atomic E-state index is 12.3. The zero-order valence-corrected chi connectivity index (χ0v) is 11.4. The summed E-state index contributed by atoms with van der Waals surface area (Å²) in [5.74, 6) is 2.51. The highest BCUT2D eigenvalue weighted by Gasteiger charge is 2.27. The Morgan fingerprint density at radius 1 is 1.56 bits per heavy atom. The van der Waals surface area contributed by atoms with E-state index in [-0.39, 0.29) is 11.9 Å². The molecule has 0 spiro atoms. The Hall–Kier alpha value is -1.29. The number of aryl methyl sites for hydroxylation is 1. The van der Waals surface area contributed by atoms with Gasteiger partial charge in [-0.3, -0.25) is 4.79 Å². The summed E-state index contributed by atoms with van der Waals surface area (Å²) in [5, 5.41) is 3.30. The molecule has 1 fully saturated rings. The Balaban J connectivity index is 1.91. The number of furan rings is 1. The van der Waals surface area contributed by atoms with Crippen LogP contribution in [0.1, 0.15) is 31.3 Å². The van der Waals surface area contributed by atoms with E-state index >= 15 is 0 Å². The van der Waals surface area contributed by atoms with Gasteiger partial charge >= 0.3 is 0 Å². The van der Waals surface area contributed by atoms with E-state index in [9.17, 15) is 4.79 Å². The number of carbonyl (C=O) groups is 1. The van der Waals surface area contributed by atoms with Crippen molar-refractivity contribution in [3.05, 3.63) is 23.7 Å². The molecule has 1 N–H and O–H groups in total. The molecule has 4 heteroatoms. The van der Waals surface area contributed by atoms with Crippen molar-refractivity contribution in [2.45, 2.75) is 39.3 Å². The van der Waals surface area contributed by atoms with Crippen molar-refractivity contribution in [2.24, 2.45) is 5.92 Å². The molecule has 2 atom stereocenters. The summed E-state index contributed by atoms with van der Waals surface area (Å²) >= 11 is 0. The second kappa shape index (κ2) is 5.57. The van der Waals surface area contributed by atoms with Crippen molar-refractivity contribution >= 4 is 5.91 Å². The van der Waals surface area contributed by atoms with E-state index in [1.807, 2.05) is 26.1 Å². The third-order valence-corrected chi connectivity index (χ3v) is 3.53. The molecular weight excluding hydrogens is 228 g/mol. The van der Waals surface area contributed by atoms with Gasteiger partial charge in [-0.05, 0) is 44.4 Å². The van der Waals surface area contributed by atoms with Crippen molar-refractivity contribution in [2.75, 3.05) is 13.6 Å². The molecule has 1 amide bonds. The van der Waals surface area contributed by atoms with Gasteiger partial charge in [0.25, 0.3) is 0 Å². The van der Waals surface area contributed by atoms with E-state index in [1.54, 1.807) is 4.90 Å². The van der Waals surface area contributed by atoms with Crippen LogP contribution in [0.25, 0.3) is 0 Å². The van der Waals surface area contributed by atoms with Gasteiger partial charge in [0.15, 0.2) is 0 Å². The highest BCUT2D eigenvalue weighted by atomic mass is 16.3. The number of piperidine rings is 1. The summed E-state index contributed by atoms with van der Waals surface area (Å²) < 4.78 is 5.50. The number of nitrogens with one attached hydrogen (secondary N) is 1. The third-order valence-electron chi connectivity index (χ3n) is 3.53. The Morgan fingerprint density at radius 2 is 2.33 bits per heavy atom. The second-order valence-corrected chi connectivity index (χ2v) is 5.34. The van der Waals surface area contributed by atoms with Crippen LogP contribution in [0.5, 0.6) is 0 Å². The largest absolute Gasteiger partial charge is 0.464 e. The van der Waals surface area contributed by atoms with E-state index in [1.165, 1.54) is 0 Å². The lowest BCUT2D eigenvalue weighted by Gasteiger charge is -2.30. The highest BCUT2D eigenvalue weighted by molar-refractivity contribution is 5.81. The van der Waals surface area contributed by atoms with Gasteiger partial charge in [-0.1, -0.05) is 6.92 Å². The Morgan fingerprint density at radius 3 is 2.94 bits per heavy atom. The minimum absolute atomic E-state index is 0.0326. The summed E-state index contributed by atoms with van der Waals surface area (Å²) in [4.78, 5) is 14.0. The van der Waals surface area contributed by atoms with Crippen LogP contribution >= 0.6 is 0 Å². The predicted molar refractivity (Wildman–Crippen MR) is 70.1 cm³/mol. The van der Waals surface area contributed by atoms with Gasteiger partial charge in [-0.15, -0.1) is 0 Å². The van der Waals surface area contributed by atoms with Gasteiger partial charge < -0.3 is 14.6 Å². The van der Waals surface area contributed by atoms with Gasteiger partial charge in [0, 0.05) is 7.05 Å². The van der Waals surface area contributed by atoms with E-state index in [2.05, 4.69) is 12.2 Å². The maximum atomic E-state index is 12.3. The number of amides is 1. The quantitative estimate of drug-likeness (QED) is 0.891. The van der Waals surface area contributed by atoms with Gasteiger partial charge in [-0.2, -0.15) is 0 Å². The molecule has 1 saturated heterocycles. The molecule has 1 aliphatic rings. The number of hydrogen-bond acceptors (Lipinski definition) is 3. The summed E-state index contributed by atoms with van der Waals surface area (Å²) in [7, 11) is 1.83. The van der Waals surface area contributed by atoms with Gasteiger partial charge in [0.2, 0.25) is 5.91 Å². The summed E-state index contributed by atoms with van der Waals surface area (Å²) in [6.45, 7) is 5.59. The van der Waals surface area contributed by atoms with E-state index in [0.717, 1.165) is 30.9 Å². The Kier molecular flexibility index (Phi) is 4.07. The molecule has 0 radical (unpaired) electrons. The summed E-state index contributed by atoms with van der Waals surface area (Å²) in [5.41, 5.74) is 0. The maximum Gasteiger partial charge on any atom is 0.239 e. The third kappa shape index (κ3) is 3.13. The molecule has 2 heterocycles. The fourth-order valence-corrected chi connectivity index (χ4v) is 2.44. The first-order valence-corrected chi connectivity index (χ1v) is 6.60. The molecule has 100 valence electrons. The van der Waals surface area contributed by atoms with Crippen LogP contribution in [-0.2, 0) is 11.3 Å². The van der Waals surface area contributed by atoms with Gasteiger partial charge in [0.05, 0.1) is 12.6 Å². The second-order valence-electron chi connectivity index (χ2n) is 5.34. The van der Waals surface area contributed by atoms with Crippen molar-refractivity contribution in [1.82, 2.24) is 10.2 Å². The number of hydrogen-bond donors (Lipinski definition) is 1. The molecule has 0 saturated carbocycles. The lowest BCUT2D eigenvalue weighted by molar-refractivity contribution is -0.133. The zero-order valence-electron chi connectivity index (χ0n) is 11.4. The van der Waals surface area contributed by atoms with Crippen LogP contribution in [0.2, 0.25) is 0 Å². The number of likely N-dealkylation sites (N-methyl/N-ethyl adjacent to an activating group) is 1. The molecular formula is C14H22N2O2. The van der Waals surface area contributed by atoms with Crippen LogP contribution in [0, 0.1) is 12.8 Å². The Bertz CT molecular complexity index is 414. The van der Waals surface area contributed by atoms with Gasteiger partial charge in [-0.25, -0.2) is 0 Å². The summed E-state index contributed by atoms with van der Waals surface area (Å²) in [6, 6.07) is 3.82. The topological polar surface area (TPSA) is 45.5 Å².